The minimum Gasteiger partial charge on any atom is -0.462 e. The number of esters is 1. The molecule has 1 aliphatic rings. The van der Waals surface area contributed by atoms with E-state index < -0.39 is 0 Å². The summed E-state index contributed by atoms with van der Waals surface area (Å²) in [6.45, 7) is 10.8. The molecule has 2 aromatic rings. The molecule has 0 saturated carbocycles. The Bertz CT molecular complexity index is 778. The van der Waals surface area contributed by atoms with Crippen LogP contribution in [0.5, 0.6) is 0 Å². The number of aryl methyl sites for hydroxylation is 2. The second kappa shape index (κ2) is 7.86. The largest absolute Gasteiger partial charge is 0.462 e. The van der Waals surface area contributed by atoms with Gasteiger partial charge in [-0.2, -0.15) is 5.10 Å². The average molecular weight is 357 g/mol. The summed E-state index contributed by atoms with van der Waals surface area (Å²) >= 11 is 0. The van der Waals surface area contributed by atoms with Crippen LogP contribution in [0.1, 0.15) is 34.2 Å². The molecule has 7 nitrogen and oxygen atoms in total. The zero-order chi connectivity index (χ0) is 18.7. The maximum atomic E-state index is 12.2. The van der Waals surface area contributed by atoms with E-state index in [1.807, 2.05) is 18.7 Å². The van der Waals surface area contributed by atoms with Crippen LogP contribution in [0, 0.1) is 13.8 Å². The minimum absolute atomic E-state index is 0.306. The molecule has 1 fully saturated rings. The fourth-order valence-corrected chi connectivity index (χ4v) is 3.40. The third-order valence-electron chi connectivity index (χ3n) is 4.99. The van der Waals surface area contributed by atoms with E-state index in [9.17, 15) is 4.79 Å². The zero-order valence-corrected chi connectivity index (χ0v) is 16.0. The summed E-state index contributed by atoms with van der Waals surface area (Å²) in [6, 6.07) is 3.56. The summed E-state index contributed by atoms with van der Waals surface area (Å²) in [5.74, 6) is 0.416. The summed E-state index contributed by atoms with van der Waals surface area (Å²) in [5.41, 5.74) is 4.17. The summed E-state index contributed by atoms with van der Waals surface area (Å²) in [6.07, 6.45) is 1.73. The molecule has 0 radical (unpaired) electrons. The summed E-state index contributed by atoms with van der Waals surface area (Å²) in [7, 11) is 1.99. The Morgan fingerprint density at radius 1 is 1.23 bits per heavy atom. The van der Waals surface area contributed by atoms with E-state index in [1.54, 1.807) is 18.3 Å². The Balaban J connectivity index is 1.67. The molecule has 0 aliphatic carbocycles. The first-order valence-electron chi connectivity index (χ1n) is 9.09. The van der Waals surface area contributed by atoms with Gasteiger partial charge in [0.1, 0.15) is 11.4 Å². The number of anilines is 1. The van der Waals surface area contributed by atoms with Crippen LogP contribution in [0.15, 0.2) is 18.3 Å². The van der Waals surface area contributed by atoms with Gasteiger partial charge in [0.15, 0.2) is 0 Å². The molecule has 0 amide bonds. The molecule has 140 valence electrons. The van der Waals surface area contributed by atoms with Crippen molar-refractivity contribution in [2.24, 2.45) is 7.05 Å². The quantitative estimate of drug-likeness (QED) is 0.762. The standard InChI is InChI=1S/C19H27N5O2/c1-5-26-19(25)16-7-6-8-20-18(16)24-11-9-23(10-12-24)13-17-14(2)21-22(4)15(17)3/h6-8H,5,9-13H2,1-4H3. The first kappa shape index (κ1) is 18.4. The van der Waals surface area contributed by atoms with E-state index in [2.05, 4.69) is 33.7 Å². The molecule has 0 unspecified atom stereocenters. The van der Waals surface area contributed by atoms with Crippen LogP contribution in [0.4, 0.5) is 5.82 Å². The second-order valence-electron chi connectivity index (χ2n) is 6.63. The van der Waals surface area contributed by atoms with Gasteiger partial charge >= 0.3 is 5.97 Å². The van der Waals surface area contributed by atoms with Crippen molar-refractivity contribution in [3.05, 3.63) is 40.8 Å². The Hall–Kier alpha value is -2.41. The maximum absolute atomic E-state index is 12.2. The zero-order valence-electron chi connectivity index (χ0n) is 16.0. The van der Waals surface area contributed by atoms with Crippen LogP contribution in [-0.4, -0.2) is 58.4 Å². The van der Waals surface area contributed by atoms with Crippen LogP contribution in [0.25, 0.3) is 0 Å². The van der Waals surface area contributed by atoms with E-state index in [0.717, 1.165) is 44.2 Å². The van der Waals surface area contributed by atoms with E-state index in [-0.39, 0.29) is 5.97 Å². The van der Waals surface area contributed by atoms with Crippen LogP contribution >= 0.6 is 0 Å². The number of hydrogen-bond donors (Lipinski definition) is 0. The van der Waals surface area contributed by atoms with Gasteiger partial charge in [-0.05, 0) is 32.9 Å². The number of hydrogen-bond acceptors (Lipinski definition) is 6. The Labute approximate surface area is 154 Å². The lowest BCUT2D eigenvalue weighted by atomic mass is 10.1. The van der Waals surface area contributed by atoms with E-state index in [1.165, 1.54) is 11.3 Å². The molecule has 0 N–H and O–H groups in total. The van der Waals surface area contributed by atoms with Crippen LogP contribution in [0.2, 0.25) is 0 Å². The highest BCUT2D eigenvalue weighted by atomic mass is 16.5. The molecule has 0 bridgehead atoms. The normalized spacial score (nSPS) is 15.3. The molecular weight excluding hydrogens is 330 g/mol. The molecule has 2 aromatic heterocycles. The molecule has 7 heteroatoms. The van der Waals surface area contributed by atoms with Gasteiger partial charge in [0, 0.05) is 57.2 Å². The molecule has 26 heavy (non-hydrogen) atoms. The lowest BCUT2D eigenvalue weighted by molar-refractivity contribution is 0.0526. The fourth-order valence-electron chi connectivity index (χ4n) is 3.40. The number of carbonyl (C=O) groups is 1. The predicted octanol–water partition coefficient (Wildman–Crippen LogP) is 1.93. The van der Waals surface area contributed by atoms with Gasteiger partial charge in [-0.1, -0.05) is 0 Å². The van der Waals surface area contributed by atoms with E-state index >= 15 is 0 Å². The lowest BCUT2D eigenvalue weighted by Gasteiger charge is -2.36. The van der Waals surface area contributed by atoms with Crippen LogP contribution < -0.4 is 4.90 Å². The van der Waals surface area contributed by atoms with Gasteiger partial charge in [0.05, 0.1) is 12.3 Å². The fraction of sp³-hybridized carbons (Fsp3) is 0.526. The van der Waals surface area contributed by atoms with Crippen molar-refractivity contribution < 1.29 is 9.53 Å². The first-order valence-corrected chi connectivity index (χ1v) is 9.09. The van der Waals surface area contributed by atoms with Gasteiger partial charge in [-0.3, -0.25) is 9.58 Å². The molecule has 1 aliphatic heterocycles. The van der Waals surface area contributed by atoms with Gasteiger partial charge in [-0.25, -0.2) is 9.78 Å². The third kappa shape index (κ3) is 3.72. The number of carbonyl (C=O) groups excluding carboxylic acids is 1. The van der Waals surface area contributed by atoms with Crippen molar-refractivity contribution in [2.75, 3.05) is 37.7 Å². The minimum atomic E-state index is -0.306. The van der Waals surface area contributed by atoms with Crippen molar-refractivity contribution in [1.29, 1.82) is 0 Å². The number of aromatic nitrogens is 3. The highest BCUT2D eigenvalue weighted by Gasteiger charge is 2.24. The number of rotatable bonds is 5. The van der Waals surface area contributed by atoms with Crippen molar-refractivity contribution in [1.82, 2.24) is 19.7 Å². The summed E-state index contributed by atoms with van der Waals surface area (Å²) in [5, 5.41) is 4.51. The molecule has 0 atom stereocenters. The third-order valence-corrected chi connectivity index (χ3v) is 4.99. The molecule has 0 spiro atoms. The number of pyridine rings is 1. The van der Waals surface area contributed by atoms with Gasteiger partial charge < -0.3 is 9.64 Å². The van der Waals surface area contributed by atoms with E-state index in [4.69, 9.17) is 4.74 Å². The van der Waals surface area contributed by atoms with E-state index in [0.29, 0.717) is 12.2 Å². The van der Waals surface area contributed by atoms with Crippen molar-refractivity contribution in [2.45, 2.75) is 27.3 Å². The molecule has 3 rings (SSSR count). The summed E-state index contributed by atoms with van der Waals surface area (Å²) in [4.78, 5) is 21.2. The maximum Gasteiger partial charge on any atom is 0.341 e. The van der Waals surface area contributed by atoms with Crippen LogP contribution in [0.3, 0.4) is 0 Å². The number of ether oxygens (including phenoxy) is 1. The Morgan fingerprint density at radius 3 is 2.58 bits per heavy atom. The highest BCUT2D eigenvalue weighted by Crippen LogP contribution is 2.21. The molecule has 3 heterocycles. The SMILES string of the molecule is CCOC(=O)c1cccnc1N1CCN(Cc2c(C)nn(C)c2C)CC1. The van der Waals surface area contributed by atoms with Crippen LogP contribution in [-0.2, 0) is 18.3 Å². The Morgan fingerprint density at radius 2 is 1.96 bits per heavy atom. The number of piperazine rings is 1. The molecule has 0 aromatic carbocycles. The van der Waals surface area contributed by atoms with Gasteiger partial charge in [-0.15, -0.1) is 0 Å². The van der Waals surface area contributed by atoms with Gasteiger partial charge in [0.2, 0.25) is 0 Å². The number of nitrogens with zero attached hydrogens (tertiary/aromatic N) is 5. The molecule has 1 saturated heterocycles. The van der Waals surface area contributed by atoms with Crippen molar-refractivity contribution >= 4 is 11.8 Å². The lowest BCUT2D eigenvalue weighted by Crippen LogP contribution is -2.46. The van der Waals surface area contributed by atoms with Crippen molar-refractivity contribution in [3.63, 3.8) is 0 Å². The first-order chi connectivity index (χ1) is 12.5. The smallest absolute Gasteiger partial charge is 0.341 e. The summed E-state index contributed by atoms with van der Waals surface area (Å²) < 4.78 is 7.11. The molecular formula is C19H27N5O2. The van der Waals surface area contributed by atoms with Gasteiger partial charge in [0.25, 0.3) is 0 Å². The monoisotopic (exact) mass is 357 g/mol. The Kier molecular flexibility index (Phi) is 5.56. The topological polar surface area (TPSA) is 63.5 Å². The predicted molar refractivity (Wildman–Crippen MR) is 100 cm³/mol. The second-order valence-corrected chi connectivity index (χ2v) is 6.63. The highest BCUT2D eigenvalue weighted by molar-refractivity contribution is 5.94. The average Bonchev–Trinajstić information content (AvgIpc) is 2.89. The van der Waals surface area contributed by atoms with Crippen molar-refractivity contribution in [3.8, 4) is 0 Å².